The standard InChI is InChI=1S/C17H15FN4O2/c1-10-5-11(3-4-13(10)18)22-17-12-6-15(21-9-23)16(24-2)7-14(12)19-8-20-17/h3-9H,1-2H3,(H,21,23)(H,19,20,22). The molecule has 7 heteroatoms. The number of ether oxygens (including phenoxy) is 1. The van der Waals surface area contributed by atoms with Crippen LogP contribution < -0.4 is 15.4 Å². The average molecular weight is 326 g/mol. The van der Waals surface area contributed by atoms with Crippen molar-refractivity contribution in [3.05, 3.63) is 48.0 Å². The summed E-state index contributed by atoms with van der Waals surface area (Å²) < 4.78 is 18.7. The lowest BCUT2D eigenvalue weighted by Gasteiger charge is -2.12. The highest BCUT2D eigenvalue weighted by Gasteiger charge is 2.11. The zero-order valence-electron chi connectivity index (χ0n) is 13.1. The summed E-state index contributed by atoms with van der Waals surface area (Å²) >= 11 is 0. The minimum Gasteiger partial charge on any atom is -0.494 e. The third kappa shape index (κ3) is 2.96. The maximum atomic E-state index is 13.4. The Morgan fingerprint density at radius 1 is 1.21 bits per heavy atom. The summed E-state index contributed by atoms with van der Waals surface area (Å²) in [7, 11) is 1.51. The summed E-state index contributed by atoms with van der Waals surface area (Å²) in [5.74, 6) is 0.773. The Kier molecular flexibility index (Phi) is 4.24. The van der Waals surface area contributed by atoms with Crippen molar-refractivity contribution in [1.82, 2.24) is 9.97 Å². The number of nitrogens with one attached hydrogen (secondary N) is 2. The Balaban J connectivity index is 2.08. The summed E-state index contributed by atoms with van der Waals surface area (Å²) in [6, 6.07) is 8.15. The largest absolute Gasteiger partial charge is 0.494 e. The number of hydrogen-bond acceptors (Lipinski definition) is 5. The molecule has 2 N–H and O–H groups in total. The number of hydrogen-bond donors (Lipinski definition) is 2. The Morgan fingerprint density at radius 3 is 2.75 bits per heavy atom. The van der Waals surface area contributed by atoms with Gasteiger partial charge in [0.2, 0.25) is 6.41 Å². The highest BCUT2D eigenvalue weighted by atomic mass is 19.1. The third-order valence-corrected chi connectivity index (χ3v) is 3.59. The second-order valence-corrected chi connectivity index (χ2v) is 5.14. The predicted octanol–water partition coefficient (Wildman–Crippen LogP) is 3.40. The fraction of sp³-hybridized carbons (Fsp3) is 0.118. The number of fused-ring (bicyclic) bond motifs is 1. The summed E-state index contributed by atoms with van der Waals surface area (Å²) in [5, 5.41) is 6.43. The molecule has 3 aromatic rings. The Bertz CT molecular complexity index is 914. The molecule has 0 saturated heterocycles. The number of benzene rings is 2. The van der Waals surface area contributed by atoms with E-state index in [0.717, 1.165) is 0 Å². The van der Waals surface area contributed by atoms with Gasteiger partial charge in [-0.05, 0) is 36.8 Å². The number of carbonyl (C=O) groups is 1. The first kappa shape index (κ1) is 15.7. The molecule has 0 aliphatic heterocycles. The normalized spacial score (nSPS) is 10.5. The summed E-state index contributed by atoms with van der Waals surface area (Å²) in [6.45, 7) is 1.69. The molecular formula is C17H15FN4O2. The van der Waals surface area contributed by atoms with E-state index in [1.165, 1.54) is 19.5 Å². The van der Waals surface area contributed by atoms with Crippen LogP contribution >= 0.6 is 0 Å². The van der Waals surface area contributed by atoms with Crippen LogP contribution in [0.3, 0.4) is 0 Å². The van der Waals surface area contributed by atoms with Gasteiger partial charge in [0.25, 0.3) is 0 Å². The molecule has 0 unspecified atom stereocenters. The number of methoxy groups -OCH3 is 1. The monoisotopic (exact) mass is 326 g/mol. The van der Waals surface area contributed by atoms with E-state index in [4.69, 9.17) is 4.74 Å². The molecular weight excluding hydrogens is 311 g/mol. The van der Waals surface area contributed by atoms with Crippen molar-refractivity contribution in [2.75, 3.05) is 17.7 Å². The molecule has 0 atom stereocenters. The first-order chi connectivity index (χ1) is 11.6. The summed E-state index contributed by atoms with van der Waals surface area (Å²) in [4.78, 5) is 19.2. The molecule has 0 saturated carbocycles. The van der Waals surface area contributed by atoms with Gasteiger partial charge in [-0.15, -0.1) is 0 Å². The zero-order valence-corrected chi connectivity index (χ0v) is 13.1. The number of aromatic nitrogens is 2. The van der Waals surface area contributed by atoms with E-state index in [2.05, 4.69) is 20.6 Å². The van der Waals surface area contributed by atoms with Gasteiger partial charge >= 0.3 is 0 Å². The lowest BCUT2D eigenvalue weighted by atomic mass is 10.1. The predicted molar refractivity (Wildman–Crippen MR) is 90.2 cm³/mol. The number of nitrogens with zero attached hydrogens (tertiary/aromatic N) is 2. The van der Waals surface area contributed by atoms with E-state index in [0.29, 0.717) is 45.8 Å². The molecule has 122 valence electrons. The van der Waals surface area contributed by atoms with Crippen LogP contribution in [0, 0.1) is 12.7 Å². The van der Waals surface area contributed by atoms with Crippen LogP contribution in [0.1, 0.15) is 5.56 Å². The van der Waals surface area contributed by atoms with Gasteiger partial charge in [-0.2, -0.15) is 0 Å². The minimum absolute atomic E-state index is 0.268. The molecule has 0 radical (unpaired) electrons. The van der Waals surface area contributed by atoms with E-state index in [9.17, 15) is 9.18 Å². The van der Waals surface area contributed by atoms with E-state index in [1.54, 1.807) is 31.2 Å². The van der Waals surface area contributed by atoms with Crippen molar-refractivity contribution in [3.8, 4) is 5.75 Å². The van der Waals surface area contributed by atoms with Gasteiger partial charge in [0.05, 0.1) is 18.3 Å². The van der Waals surface area contributed by atoms with E-state index in [-0.39, 0.29) is 5.82 Å². The average Bonchev–Trinajstić information content (AvgIpc) is 2.58. The van der Waals surface area contributed by atoms with Gasteiger partial charge in [-0.25, -0.2) is 14.4 Å². The molecule has 1 amide bonds. The molecule has 3 rings (SSSR count). The maximum Gasteiger partial charge on any atom is 0.211 e. The second-order valence-electron chi connectivity index (χ2n) is 5.14. The highest BCUT2D eigenvalue weighted by molar-refractivity contribution is 5.96. The van der Waals surface area contributed by atoms with Crippen LogP contribution in [0.4, 0.5) is 21.6 Å². The Labute approximate surface area is 137 Å². The van der Waals surface area contributed by atoms with Crippen molar-refractivity contribution in [2.45, 2.75) is 6.92 Å². The van der Waals surface area contributed by atoms with Crippen LogP contribution in [-0.2, 0) is 4.79 Å². The fourth-order valence-electron chi connectivity index (χ4n) is 2.39. The lowest BCUT2D eigenvalue weighted by molar-refractivity contribution is -0.105. The quantitative estimate of drug-likeness (QED) is 0.703. The van der Waals surface area contributed by atoms with Crippen molar-refractivity contribution in [2.24, 2.45) is 0 Å². The lowest BCUT2D eigenvalue weighted by Crippen LogP contribution is -2.01. The summed E-state index contributed by atoms with van der Waals surface area (Å²) in [5.41, 5.74) is 2.39. The maximum absolute atomic E-state index is 13.4. The molecule has 0 fully saturated rings. The smallest absolute Gasteiger partial charge is 0.211 e. The molecule has 1 heterocycles. The minimum atomic E-state index is -0.268. The van der Waals surface area contributed by atoms with Crippen molar-refractivity contribution in [1.29, 1.82) is 0 Å². The summed E-state index contributed by atoms with van der Waals surface area (Å²) in [6.07, 6.45) is 2.00. The molecule has 0 bridgehead atoms. The zero-order chi connectivity index (χ0) is 17.1. The van der Waals surface area contributed by atoms with E-state index >= 15 is 0 Å². The highest BCUT2D eigenvalue weighted by Crippen LogP contribution is 2.32. The van der Waals surface area contributed by atoms with Gasteiger partial charge in [-0.1, -0.05) is 0 Å². The van der Waals surface area contributed by atoms with Crippen molar-refractivity contribution in [3.63, 3.8) is 0 Å². The first-order valence-electron chi connectivity index (χ1n) is 7.18. The molecule has 0 aliphatic rings. The number of aryl methyl sites for hydroxylation is 1. The Morgan fingerprint density at radius 2 is 2.04 bits per heavy atom. The number of carbonyl (C=O) groups excluding carboxylic acids is 1. The molecule has 6 nitrogen and oxygen atoms in total. The molecule has 0 spiro atoms. The first-order valence-corrected chi connectivity index (χ1v) is 7.18. The van der Waals surface area contributed by atoms with Crippen molar-refractivity contribution >= 4 is 34.5 Å². The van der Waals surface area contributed by atoms with Crippen LogP contribution in [0.5, 0.6) is 5.75 Å². The van der Waals surface area contributed by atoms with Crippen LogP contribution in [0.2, 0.25) is 0 Å². The van der Waals surface area contributed by atoms with Gasteiger partial charge in [0, 0.05) is 17.1 Å². The third-order valence-electron chi connectivity index (χ3n) is 3.59. The SMILES string of the molecule is COc1cc2ncnc(Nc3ccc(F)c(C)c3)c2cc1NC=O. The van der Waals surface area contributed by atoms with Gasteiger partial charge < -0.3 is 15.4 Å². The molecule has 2 aromatic carbocycles. The van der Waals surface area contributed by atoms with Gasteiger partial charge in [0.15, 0.2) is 0 Å². The van der Waals surface area contributed by atoms with E-state index in [1.807, 2.05) is 0 Å². The van der Waals surface area contributed by atoms with Gasteiger partial charge in [-0.3, -0.25) is 4.79 Å². The fourth-order valence-corrected chi connectivity index (χ4v) is 2.39. The molecule has 0 aliphatic carbocycles. The molecule has 24 heavy (non-hydrogen) atoms. The molecule has 1 aromatic heterocycles. The van der Waals surface area contributed by atoms with Crippen molar-refractivity contribution < 1.29 is 13.9 Å². The van der Waals surface area contributed by atoms with Gasteiger partial charge in [0.1, 0.15) is 23.7 Å². The number of amides is 1. The Hall–Kier alpha value is -3.22. The number of anilines is 3. The number of rotatable bonds is 5. The van der Waals surface area contributed by atoms with Crippen LogP contribution in [-0.4, -0.2) is 23.5 Å². The number of halogens is 1. The van der Waals surface area contributed by atoms with Crippen LogP contribution in [0.15, 0.2) is 36.7 Å². The van der Waals surface area contributed by atoms with E-state index < -0.39 is 0 Å². The topological polar surface area (TPSA) is 76.1 Å². The second kappa shape index (κ2) is 6.49. The van der Waals surface area contributed by atoms with Crippen LogP contribution in [0.25, 0.3) is 10.9 Å².